The van der Waals surface area contributed by atoms with Crippen molar-refractivity contribution in [1.82, 2.24) is 0 Å². The maximum Gasteiger partial charge on any atom is 0.171 e. The third-order valence-corrected chi connectivity index (χ3v) is 3.84. The molecule has 2 rings (SSSR count). The van der Waals surface area contributed by atoms with E-state index in [1.807, 2.05) is 6.08 Å². The SMILES string of the molecule is C=CCCC/C=C/CC1CCCC12OCCO2. The summed E-state index contributed by atoms with van der Waals surface area (Å²) in [4.78, 5) is 0. The van der Waals surface area contributed by atoms with Crippen molar-refractivity contribution < 1.29 is 9.47 Å². The second kappa shape index (κ2) is 6.36. The van der Waals surface area contributed by atoms with Crippen molar-refractivity contribution >= 4 is 0 Å². The Hall–Kier alpha value is -0.600. The maximum atomic E-state index is 5.84. The van der Waals surface area contributed by atoms with Crippen LogP contribution in [-0.4, -0.2) is 19.0 Å². The van der Waals surface area contributed by atoms with E-state index in [-0.39, 0.29) is 5.79 Å². The van der Waals surface area contributed by atoms with Gasteiger partial charge >= 0.3 is 0 Å². The summed E-state index contributed by atoms with van der Waals surface area (Å²) in [7, 11) is 0. The van der Waals surface area contributed by atoms with Crippen molar-refractivity contribution in [3.05, 3.63) is 24.8 Å². The first-order valence-corrected chi connectivity index (χ1v) is 6.91. The third-order valence-electron chi connectivity index (χ3n) is 3.84. The van der Waals surface area contributed by atoms with Crippen molar-refractivity contribution in [2.24, 2.45) is 5.92 Å². The van der Waals surface area contributed by atoms with Gasteiger partial charge in [0.2, 0.25) is 0 Å². The lowest BCUT2D eigenvalue weighted by molar-refractivity contribution is -0.180. The molecule has 1 spiro atoms. The first kappa shape index (κ1) is 12.8. The first-order valence-electron chi connectivity index (χ1n) is 6.91. The van der Waals surface area contributed by atoms with Gasteiger partial charge in [0.05, 0.1) is 13.2 Å². The Labute approximate surface area is 105 Å². The average molecular weight is 236 g/mol. The van der Waals surface area contributed by atoms with Crippen molar-refractivity contribution in [2.45, 2.75) is 50.7 Å². The molecule has 0 bridgehead atoms. The standard InChI is InChI=1S/C15H24O2/c1-2-3-4-5-6-7-9-14-10-8-11-15(14)16-12-13-17-15/h2,6-7,14H,1,3-5,8-13H2/b7-6+. The Morgan fingerprint density at radius 1 is 1.18 bits per heavy atom. The predicted molar refractivity (Wildman–Crippen MR) is 69.8 cm³/mol. The lowest BCUT2D eigenvalue weighted by atomic mass is 9.98. The fraction of sp³-hybridized carbons (Fsp3) is 0.733. The van der Waals surface area contributed by atoms with E-state index in [0.29, 0.717) is 5.92 Å². The molecule has 1 aliphatic heterocycles. The van der Waals surface area contributed by atoms with Gasteiger partial charge in [-0.2, -0.15) is 0 Å². The van der Waals surface area contributed by atoms with Gasteiger partial charge in [0.1, 0.15) is 0 Å². The minimum absolute atomic E-state index is 0.217. The Kier molecular flexibility index (Phi) is 4.81. The fourth-order valence-corrected chi connectivity index (χ4v) is 2.93. The van der Waals surface area contributed by atoms with Gasteiger partial charge in [0.25, 0.3) is 0 Å². The molecule has 1 unspecified atom stereocenters. The second-order valence-corrected chi connectivity index (χ2v) is 5.02. The lowest BCUT2D eigenvalue weighted by Crippen LogP contribution is -2.34. The molecule has 1 aliphatic carbocycles. The van der Waals surface area contributed by atoms with E-state index in [2.05, 4.69) is 18.7 Å². The Bertz CT molecular complexity index is 259. The first-order chi connectivity index (χ1) is 8.37. The third kappa shape index (κ3) is 3.20. The normalized spacial score (nSPS) is 27.2. The molecule has 2 heteroatoms. The van der Waals surface area contributed by atoms with Gasteiger partial charge in [-0.05, 0) is 38.5 Å². The van der Waals surface area contributed by atoms with E-state index in [0.717, 1.165) is 38.9 Å². The maximum absolute atomic E-state index is 5.84. The number of hydrogen-bond acceptors (Lipinski definition) is 2. The van der Waals surface area contributed by atoms with Crippen LogP contribution < -0.4 is 0 Å². The minimum Gasteiger partial charge on any atom is -0.347 e. The highest BCUT2D eigenvalue weighted by Gasteiger charge is 2.46. The molecule has 2 nitrogen and oxygen atoms in total. The van der Waals surface area contributed by atoms with Crippen LogP contribution in [0.15, 0.2) is 24.8 Å². The molecule has 2 aliphatic rings. The summed E-state index contributed by atoms with van der Waals surface area (Å²) < 4.78 is 11.7. The molecular formula is C15H24O2. The number of unbranched alkanes of at least 4 members (excludes halogenated alkanes) is 2. The summed E-state index contributed by atoms with van der Waals surface area (Å²) in [5.74, 6) is 0.353. The van der Waals surface area contributed by atoms with Gasteiger partial charge in [-0.25, -0.2) is 0 Å². The van der Waals surface area contributed by atoms with Crippen LogP contribution in [0.25, 0.3) is 0 Å². The fourth-order valence-electron chi connectivity index (χ4n) is 2.93. The van der Waals surface area contributed by atoms with Crippen molar-refractivity contribution in [3.63, 3.8) is 0 Å². The molecule has 0 radical (unpaired) electrons. The summed E-state index contributed by atoms with van der Waals surface area (Å²) in [5, 5.41) is 0. The molecule has 0 N–H and O–H groups in total. The van der Waals surface area contributed by atoms with Crippen LogP contribution in [0, 0.1) is 5.92 Å². The quantitative estimate of drug-likeness (QED) is 0.515. The van der Waals surface area contributed by atoms with Crippen molar-refractivity contribution in [2.75, 3.05) is 13.2 Å². The summed E-state index contributed by atoms with van der Waals surface area (Å²) >= 11 is 0. The molecule has 1 atom stereocenters. The van der Waals surface area contributed by atoms with Crippen LogP contribution in [0.1, 0.15) is 44.9 Å². The number of ether oxygens (including phenoxy) is 2. The zero-order valence-electron chi connectivity index (χ0n) is 10.7. The number of allylic oxidation sites excluding steroid dienone is 3. The van der Waals surface area contributed by atoms with Crippen LogP contribution in [0.5, 0.6) is 0 Å². The zero-order valence-corrected chi connectivity index (χ0v) is 10.7. The lowest BCUT2D eigenvalue weighted by Gasteiger charge is -2.28. The van der Waals surface area contributed by atoms with Crippen LogP contribution in [0.3, 0.4) is 0 Å². The smallest absolute Gasteiger partial charge is 0.171 e. The molecule has 0 amide bonds. The number of rotatable bonds is 6. The Balaban J connectivity index is 1.72. The molecule has 0 aromatic carbocycles. The molecule has 17 heavy (non-hydrogen) atoms. The number of hydrogen-bond donors (Lipinski definition) is 0. The summed E-state index contributed by atoms with van der Waals surface area (Å²) in [6, 6.07) is 0. The van der Waals surface area contributed by atoms with Crippen LogP contribution in [0.4, 0.5) is 0 Å². The van der Waals surface area contributed by atoms with E-state index >= 15 is 0 Å². The van der Waals surface area contributed by atoms with Gasteiger partial charge in [-0.15, -0.1) is 6.58 Å². The van der Waals surface area contributed by atoms with Gasteiger partial charge in [-0.3, -0.25) is 0 Å². The molecule has 0 aromatic rings. The van der Waals surface area contributed by atoms with Crippen LogP contribution >= 0.6 is 0 Å². The average Bonchev–Trinajstić information content (AvgIpc) is 2.96. The zero-order chi connectivity index (χ0) is 12.0. The molecule has 1 saturated heterocycles. The van der Waals surface area contributed by atoms with Gasteiger partial charge in [0, 0.05) is 12.3 Å². The molecular weight excluding hydrogens is 212 g/mol. The highest BCUT2D eigenvalue weighted by molar-refractivity contribution is 4.94. The molecule has 1 heterocycles. The van der Waals surface area contributed by atoms with Gasteiger partial charge < -0.3 is 9.47 Å². The van der Waals surface area contributed by atoms with Gasteiger partial charge in [0.15, 0.2) is 5.79 Å². The van der Waals surface area contributed by atoms with Crippen LogP contribution in [0.2, 0.25) is 0 Å². The Morgan fingerprint density at radius 3 is 2.76 bits per heavy atom. The van der Waals surface area contributed by atoms with Crippen LogP contribution in [-0.2, 0) is 9.47 Å². The van der Waals surface area contributed by atoms with E-state index < -0.39 is 0 Å². The summed E-state index contributed by atoms with van der Waals surface area (Å²) in [5.41, 5.74) is 0. The highest BCUT2D eigenvalue weighted by Crippen LogP contribution is 2.44. The monoisotopic (exact) mass is 236 g/mol. The van der Waals surface area contributed by atoms with E-state index in [4.69, 9.17) is 9.47 Å². The van der Waals surface area contributed by atoms with E-state index in [1.165, 1.54) is 19.3 Å². The molecule has 0 aromatic heterocycles. The molecule has 96 valence electrons. The van der Waals surface area contributed by atoms with E-state index in [9.17, 15) is 0 Å². The highest BCUT2D eigenvalue weighted by atomic mass is 16.7. The second-order valence-electron chi connectivity index (χ2n) is 5.02. The predicted octanol–water partition coefficient (Wildman–Crippen LogP) is 3.83. The summed E-state index contributed by atoms with van der Waals surface area (Å²) in [6.45, 7) is 5.29. The Morgan fingerprint density at radius 2 is 2.00 bits per heavy atom. The topological polar surface area (TPSA) is 18.5 Å². The minimum atomic E-state index is -0.217. The van der Waals surface area contributed by atoms with E-state index in [1.54, 1.807) is 0 Å². The van der Waals surface area contributed by atoms with Gasteiger partial charge in [-0.1, -0.05) is 18.2 Å². The van der Waals surface area contributed by atoms with Crippen molar-refractivity contribution in [1.29, 1.82) is 0 Å². The molecule has 1 saturated carbocycles. The molecule has 2 fully saturated rings. The largest absolute Gasteiger partial charge is 0.347 e. The van der Waals surface area contributed by atoms with Crippen molar-refractivity contribution in [3.8, 4) is 0 Å². The summed E-state index contributed by atoms with van der Waals surface area (Å²) in [6.07, 6.45) is 14.8.